The van der Waals surface area contributed by atoms with Gasteiger partial charge in [-0.3, -0.25) is 0 Å². The van der Waals surface area contributed by atoms with Gasteiger partial charge in [0, 0.05) is 30.9 Å². The van der Waals surface area contributed by atoms with Crippen LogP contribution in [0.3, 0.4) is 0 Å². The molecule has 5 heteroatoms. The van der Waals surface area contributed by atoms with Gasteiger partial charge in [0.05, 0.1) is 29.7 Å². The summed E-state index contributed by atoms with van der Waals surface area (Å²) in [6.07, 6.45) is 3.32. The first-order chi connectivity index (χ1) is 12.2. The molecule has 3 aromatic carbocycles. The maximum absolute atomic E-state index is 9.09. The van der Waals surface area contributed by atoms with E-state index in [1.54, 1.807) is 6.07 Å². The maximum atomic E-state index is 9.09. The number of benzene rings is 3. The van der Waals surface area contributed by atoms with Crippen molar-refractivity contribution in [3.8, 4) is 11.8 Å². The van der Waals surface area contributed by atoms with Crippen molar-refractivity contribution >= 4 is 33.0 Å². The van der Waals surface area contributed by atoms with Crippen LogP contribution in [0.2, 0.25) is 0 Å². The second-order valence-electron chi connectivity index (χ2n) is 6.00. The minimum atomic E-state index is 0. The summed E-state index contributed by atoms with van der Waals surface area (Å²) in [7, 11) is 1.96. The number of rotatable bonds is 1. The van der Waals surface area contributed by atoms with Crippen molar-refractivity contribution in [3.63, 3.8) is 0 Å². The number of nitrogens with zero attached hydrogens (tertiary/aromatic N) is 3. The third kappa shape index (κ3) is 2.35. The van der Waals surface area contributed by atoms with Gasteiger partial charge in [-0.1, -0.05) is 11.8 Å². The van der Waals surface area contributed by atoms with Gasteiger partial charge in [0.15, 0.2) is 0 Å². The molecule has 2 aromatic heterocycles. The van der Waals surface area contributed by atoms with Gasteiger partial charge in [-0.05, 0) is 24.3 Å². The summed E-state index contributed by atoms with van der Waals surface area (Å²) < 4.78 is 9.92. The minimum absolute atomic E-state index is 0. The van der Waals surface area contributed by atoms with Crippen molar-refractivity contribution in [1.82, 2.24) is 4.57 Å². The van der Waals surface area contributed by atoms with Crippen molar-refractivity contribution in [2.45, 2.75) is 0 Å². The van der Waals surface area contributed by atoms with E-state index in [4.69, 9.17) is 9.68 Å². The summed E-state index contributed by atoms with van der Waals surface area (Å²) in [4.78, 5) is 0. The molecular formula is C21H12IrN3O-. The van der Waals surface area contributed by atoms with Gasteiger partial charge < -0.3 is 13.6 Å². The van der Waals surface area contributed by atoms with E-state index in [9.17, 15) is 0 Å². The Balaban J connectivity index is 0.00000168. The standard InChI is InChI=1S/C21H12N3O.Ir/c1-23-13-24(15-5-3-2-4-6-15)19-10-17-16-8-7-14(12-22)9-20(16)25-21(17)11-18(19)23;/h2-5,7-11H,1H3;/q-1;. The van der Waals surface area contributed by atoms with E-state index in [-0.39, 0.29) is 20.1 Å². The molecule has 0 aliphatic heterocycles. The Kier molecular flexibility index (Phi) is 3.88. The van der Waals surface area contributed by atoms with E-state index in [2.05, 4.69) is 24.5 Å². The maximum Gasteiger partial charge on any atom is 0.242 e. The molecule has 0 atom stereocenters. The van der Waals surface area contributed by atoms with Crippen molar-refractivity contribution in [1.29, 1.82) is 5.26 Å². The van der Waals surface area contributed by atoms with Crippen LogP contribution in [-0.2, 0) is 27.2 Å². The molecule has 0 aliphatic rings. The molecular weight excluding hydrogens is 502 g/mol. The topological polar surface area (TPSA) is 45.7 Å². The van der Waals surface area contributed by atoms with E-state index in [0.29, 0.717) is 5.56 Å². The van der Waals surface area contributed by atoms with Crippen molar-refractivity contribution in [2.24, 2.45) is 7.05 Å². The molecule has 127 valence electrons. The first-order valence-corrected chi connectivity index (χ1v) is 7.92. The van der Waals surface area contributed by atoms with Crippen LogP contribution in [0.25, 0.3) is 38.7 Å². The molecule has 0 spiro atoms. The number of para-hydroxylation sites is 1. The summed E-state index contributed by atoms with van der Waals surface area (Å²) in [5.41, 5.74) is 5.11. The average Bonchev–Trinajstić information content (AvgIpc) is 3.17. The van der Waals surface area contributed by atoms with E-state index in [1.807, 2.05) is 58.6 Å². The minimum Gasteiger partial charge on any atom is -0.457 e. The Hall–Kier alpha value is -2.93. The van der Waals surface area contributed by atoms with Gasteiger partial charge in [0.25, 0.3) is 0 Å². The van der Waals surface area contributed by atoms with Crippen LogP contribution < -0.4 is 4.57 Å². The average molecular weight is 515 g/mol. The third-order valence-corrected chi connectivity index (χ3v) is 4.48. The van der Waals surface area contributed by atoms with Gasteiger partial charge in [-0.25, -0.2) is 0 Å². The van der Waals surface area contributed by atoms with E-state index < -0.39 is 0 Å². The van der Waals surface area contributed by atoms with Crippen LogP contribution in [0.1, 0.15) is 5.56 Å². The van der Waals surface area contributed by atoms with Gasteiger partial charge in [-0.2, -0.15) is 35.6 Å². The molecule has 0 saturated heterocycles. The predicted molar refractivity (Wildman–Crippen MR) is 94.1 cm³/mol. The molecule has 2 heterocycles. The first kappa shape index (κ1) is 16.5. The fourth-order valence-electron chi connectivity index (χ4n) is 3.28. The summed E-state index contributed by atoms with van der Waals surface area (Å²) in [5, 5.41) is 11.1. The molecule has 5 aromatic rings. The second kappa shape index (κ2) is 6.10. The normalized spacial score (nSPS) is 10.9. The van der Waals surface area contributed by atoms with E-state index in [0.717, 1.165) is 38.7 Å². The Bertz CT molecular complexity index is 1310. The zero-order chi connectivity index (χ0) is 17.0. The zero-order valence-corrected chi connectivity index (χ0v) is 16.2. The van der Waals surface area contributed by atoms with Crippen LogP contribution in [0, 0.1) is 23.7 Å². The number of nitriles is 1. The molecule has 0 N–H and O–H groups in total. The predicted octanol–water partition coefficient (Wildman–Crippen LogP) is 3.82. The fraction of sp³-hybridized carbons (Fsp3) is 0.0476. The fourth-order valence-corrected chi connectivity index (χ4v) is 3.28. The molecule has 0 fully saturated rings. The number of hydrogen-bond acceptors (Lipinski definition) is 2. The second-order valence-corrected chi connectivity index (χ2v) is 6.00. The molecule has 26 heavy (non-hydrogen) atoms. The number of hydrogen-bond donors (Lipinski definition) is 0. The Morgan fingerprint density at radius 3 is 2.69 bits per heavy atom. The zero-order valence-electron chi connectivity index (χ0n) is 13.8. The van der Waals surface area contributed by atoms with Gasteiger partial charge in [-0.15, -0.1) is 0 Å². The van der Waals surface area contributed by atoms with E-state index >= 15 is 0 Å². The van der Waals surface area contributed by atoms with Crippen LogP contribution >= 0.6 is 0 Å². The van der Waals surface area contributed by atoms with Crippen LogP contribution in [0.15, 0.2) is 59.0 Å². The Morgan fingerprint density at radius 2 is 1.92 bits per heavy atom. The third-order valence-electron chi connectivity index (χ3n) is 4.48. The Morgan fingerprint density at radius 1 is 1.08 bits per heavy atom. The number of fused-ring (bicyclic) bond motifs is 4. The molecule has 4 nitrogen and oxygen atoms in total. The van der Waals surface area contributed by atoms with Crippen molar-refractivity contribution < 1.29 is 29.1 Å². The smallest absolute Gasteiger partial charge is 0.242 e. The SMILES string of the molecule is C[n+]1[c-]n(-c2[c-]cccc2)c2cc3c(cc21)oc1cc(C#N)ccc13.[Ir]. The molecule has 0 unspecified atom stereocenters. The Labute approximate surface area is 163 Å². The molecule has 0 saturated carbocycles. The van der Waals surface area contributed by atoms with Crippen LogP contribution in [0.4, 0.5) is 0 Å². The summed E-state index contributed by atoms with van der Waals surface area (Å²) in [5.74, 6) is 0. The number of aromatic nitrogens is 2. The van der Waals surface area contributed by atoms with Gasteiger partial charge in [0.2, 0.25) is 6.33 Å². The van der Waals surface area contributed by atoms with Crippen LogP contribution in [-0.4, -0.2) is 4.57 Å². The largest absolute Gasteiger partial charge is 0.457 e. The van der Waals surface area contributed by atoms with Crippen molar-refractivity contribution in [3.05, 3.63) is 72.6 Å². The summed E-state index contributed by atoms with van der Waals surface area (Å²) in [6.45, 7) is 0. The van der Waals surface area contributed by atoms with Gasteiger partial charge >= 0.3 is 0 Å². The molecule has 0 bridgehead atoms. The summed E-state index contributed by atoms with van der Waals surface area (Å²) in [6, 6.07) is 22.9. The molecule has 1 radical (unpaired) electrons. The first-order valence-electron chi connectivity index (χ1n) is 7.92. The summed E-state index contributed by atoms with van der Waals surface area (Å²) >= 11 is 0. The molecule has 0 aliphatic carbocycles. The van der Waals surface area contributed by atoms with Gasteiger partial charge in [0.1, 0.15) is 11.2 Å². The number of imidazole rings is 1. The van der Waals surface area contributed by atoms with Crippen molar-refractivity contribution in [2.75, 3.05) is 0 Å². The number of aryl methyl sites for hydroxylation is 1. The monoisotopic (exact) mass is 515 g/mol. The molecule has 0 amide bonds. The van der Waals surface area contributed by atoms with Crippen LogP contribution in [0.5, 0.6) is 0 Å². The quantitative estimate of drug-likeness (QED) is 0.252. The molecule has 5 rings (SSSR count). The van der Waals surface area contributed by atoms with E-state index in [1.165, 1.54) is 0 Å². The number of furan rings is 1.